The van der Waals surface area contributed by atoms with Crippen LogP contribution in [0.15, 0.2) is 11.9 Å². The molecule has 4 heteroatoms. The zero-order valence-electron chi connectivity index (χ0n) is 5.44. The highest BCUT2D eigenvalue weighted by atomic mass is 14.9. The van der Waals surface area contributed by atoms with Crippen molar-refractivity contribution in [2.75, 3.05) is 0 Å². The van der Waals surface area contributed by atoms with Crippen molar-refractivity contribution in [2.24, 2.45) is 5.92 Å². The summed E-state index contributed by atoms with van der Waals surface area (Å²) in [5.74, 6) is -1.23. The van der Waals surface area contributed by atoms with E-state index in [0.717, 1.165) is 6.08 Å². The summed E-state index contributed by atoms with van der Waals surface area (Å²) < 4.78 is 0. The molecular weight excluding hydrogens is 140 g/mol. The largest absolute Gasteiger partial charge is 0.517 e. The average molecular weight is 142 g/mol. The highest BCUT2D eigenvalue weighted by Gasteiger charge is 2.08. The minimum atomic E-state index is -0.992. The van der Waals surface area contributed by atoms with Gasteiger partial charge in [-0.2, -0.15) is 20.2 Å². The van der Waals surface area contributed by atoms with Gasteiger partial charge in [-0.05, 0) is 0 Å². The molecule has 0 unspecified atom stereocenters. The van der Waals surface area contributed by atoms with Crippen molar-refractivity contribution in [1.82, 2.24) is 0 Å². The van der Waals surface area contributed by atoms with E-state index in [9.17, 15) is 0 Å². The van der Waals surface area contributed by atoms with Gasteiger partial charge in [-0.15, -0.1) is 0 Å². The lowest BCUT2D eigenvalue weighted by Gasteiger charge is -1.80. The van der Waals surface area contributed by atoms with Gasteiger partial charge in [-0.25, -0.2) is 0 Å². The number of allylic oxidation sites excluding steroid dienone is 1. The number of nitrogens with zero attached hydrogens (tertiary/aromatic N) is 4. The van der Waals surface area contributed by atoms with Crippen LogP contribution in [0.2, 0.25) is 0 Å². The van der Waals surface area contributed by atoms with Crippen LogP contribution < -0.4 is 0 Å². The zero-order chi connectivity index (χ0) is 8.69. The maximum absolute atomic E-state index is 8.24. The minimum Gasteiger partial charge on any atom is -0.197 e. The van der Waals surface area contributed by atoms with Crippen molar-refractivity contribution in [1.29, 1.82) is 10.5 Å². The van der Waals surface area contributed by atoms with Gasteiger partial charge in [0.25, 0.3) is 0 Å². The molecule has 4 nitrogen and oxygen atoms in total. The van der Waals surface area contributed by atoms with Crippen molar-refractivity contribution in [3.63, 3.8) is 0 Å². The lowest BCUT2D eigenvalue weighted by Crippen LogP contribution is -1.85. The molecule has 0 aromatic rings. The molecule has 0 aliphatic heterocycles. The molecule has 0 amide bonds. The number of hydrogen-bond donors (Lipinski definition) is 0. The Morgan fingerprint density at radius 1 is 1.27 bits per heavy atom. The Bertz CT molecular complexity index is 295. The Hall–Kier alpha value is -2.30. The van der Waals surface area contributed by atoms with Crippen LogP contribution in [0.1, 0.15) is 0 Å². The first-order chi connectivity index (χ1) is 5.28. The third-order valence-electron chi connectivity index (χ3n) is 0.823. The molecule has 11 heavy (non-hydrogen) atoms. The summed E-state index contributed by atoms with van der Waals surface area (Å²) in [4.78, 5) is 5.59. The maximum atomic E-state index is 8.24. The molecule has 0 radical (unpaired) electrons. The fourth-order valence-electron chi connectivity index (χ4n) is 0.352. The molecular formula is C7H2N4. The fraction of sp³-hybridized carbons (Fsp3) is 0.143. The second-order valence-corrected chi connectivity index (χ2v) is 1.48. The summed E-state index contributed by atoms with van der Waals surface area (Å²) in [6.07, 6.45) is 1.04. The van der Waals surface area contributed by atoms with Crippen molar-refractivity contribution in [3.8, 4) is 12.1 Å². The Morgan fingerprint density at radius 3 is 2.00 bits per heavy atom. The van der Waals surface area contributed by atoms with Crippen LogP contribution in [0.5, 0.6) is 0 Å². The zero-order valence-corrected chi connectivity index (χ0v) is 5.44. The minimum absolute atomic E-state index is 0.238. The van der Waals surface area contributed by atoms with Crippen LogP contribution in [0, 0.1) is 41.7 Å². The van der Waals surface area contributed by atoms with Crippen molar-refractivity contribution in [3.05, 3.63) is 34.7 Å². The van der Waals surface area contributed by atoms with Crippen LogP contribution in [-0.2, 0) is 0 Å². The van der Waals surface area contributed by atoms with Crippen molar-refractivity contribution >= 4 is 0 Å². The summed E-state index contributed by atoms with van der Waals surface area (Å²) in [7, 11) is 0. The Morgan fingerprint density at radius 2 is 1.73 bits per heavy atom. The number of rotatable bonds is 1. The highest BCUT2D eigenvalue weighted by molar-refractivity contribution is 5.24. The van der Waals surface area contributed by atoms with E-state index < -0.39 is 5.92 Å². The maximum Gasteiger partial charge on any atom is 0.517 e. The van der Waals surface area contributed by atoms with Crippen LogP contribution in [0.3, 0.4) is 0 Å². The molecule has 0 N–H and O–H groups in total. The lowest BCUT2D eigenvalue weighted by atomic mass is 10.2. The average Bonchev–Trinajstić information content (AvgIpc) is 2.07. The Labute approximate surface area is 64.2 Å². The Kier molecular flexibility index (Phi) is 3.61. The summed E-state index contributed by atoms with van der Waals surface area (Å²) in [5, 5.41) is 16.5. The van der Waals surface area contributed by atoms with Crippen molar-refractivity contribution < 1.29 is 0 Å². The SMILES string of the molecule is [C-]#[N+]C(=CC(C#N)C#N)[N+]#[C-]. The quantitative estimate of drug-likeness (QED) is 0.518. The van der Waals surface area contributed by atoms with Gasteiger partial charge in [-0.3, -0.25) is 0 Å². The second kappa shape index (κ2) is 4.57. The van der Waals surface area contributed by atoms with E-state index in [-0.39, 0.29) is 5.82 Å². The molecule has 0 fully saturated rings. The van der Waals surface area contributed by atoms with Gasteiger partial charge in [0.1, 0.15) is 19.1 Å². The van der Waals surface area contributed by atoms with E-state index in [4.69, 9.17) is 23.7 Å². The molecule has 0 saturated carbocycles. The third-order valence-corrected chi connectivity index (χ3v) is 0.823. The molecule has 50 valence electrons. The smallest absolute Gasteiger partial charge is 0.197 e. The molecule has 0 rings (SSSR count). The first-order valence-corrected chi connectivity index (χ1v) is 2.54. The van der Waals surface area contributed by atoms with Gasteiger partial charge in [0, 0.05) is 6.08 Å². The molecule has 0 bridgehead atoms. The summed E-state index contributed by atoms with van der Waals surface area (Å²) >= 11 is 0. The molecule has 0 aromatic heterocycles. The first kappa shape index (κ1) is 8.70. The van der Waals surface area contributed by atoms with E-state index in [1.165, 1.54) is 0 Å². The van der Waals surface area contributed by atoms with Crippen LogP contribution in [-0.4, -0.2) is 0 Å². The van der Waals surface area contributed by atoms with Gasteiger partial charge in [0.15, 0.2) is 0 Å². The van der Waals surface area contributed by atoms with Crippen molar-refractivity contribution in [2.45, 2.75) is 0 Å². The van der Waals surface area contributed by atoms with Gasteiger partial charge < -0.3 is 0 Å². The normalized spacial score (nSPS) is 6.64. The van der Waals surface area contributed by atoms with E-state index in [2.05, 4.69) is 9.69 Å². The highest BCUT2D eigenvalue weighted by Crippen LogP contribution is 2.04. The van der Waals surface area contributed by atoms with E-state index >= 15 is 0 Å². The lowest BCUT2D eigenvalue weighted by molar-refractivity contribution is 1.08. The van der Waals surface area contributed by atoms with Gasteiger partial charge >= 0.3 is 5.82 Å². The second-order valence-electron chi connectivity index (χ2n) is 1.48. The standard InChI is InChI=1S/C7H2N4/c1-10-7(11-2)3-6(4-8)5-9/h3,6H. The summed E-state index contributed by atoms with van der Waals surface area (Å²) in [6, 6.07) is 3.25. The van der Waals surface area contributed by atoms with Crippen LogP contribution in [0.25, 0.3) is 9.69 Å². The number of hydrogen-bond acceptors (Lipinski definition) is 2. The first-order valence-electron chi connectivity index (χ1n) is 2.54. The summed E-state index contributed by atoms with van der Waals surface area (Å²) in [6.45, 7) is 12.9. The molecule has 0 aromatic carbocycles. The van der Waals surface area contributed by atoms with Gasteiger partial charge in [0.05, 0.1) is 12.1 Å². The predicted octanol–water partition coefficient (Wildman–Crippen LogP) is 1.33. The number of nitriles is 2. The molecule has 0 aliphatic carbocycles. The van der Waals surface area contributed by atoms with E-state index in [0.29, 0.717) is 0 Å². The Balaban J connectivity index is 4.62. The molecule has 0 spiro atoms. The fourth-order valence-corrected chi connectivity index (χ4v) is 0.352. The molecule has 0 saturated heterocycles. The molecule has 0 heterocycles. The van der Waals surface area contributed by atoms with E-state index in [1.807, 2.05) is 0 Å². The van der Waals surface area contributed by atoms with E-state index in [1.54, 1.807) is 12.1 Å². The molecule has 0 atom stereocenters. The molecule has 0 aliphatic rings. The van der Waals surface area contributed by atoms with Crippen LogP contribution >= 0.6 is 0 Å². The van der Waals surface area contributed by atoms with Gasteiger partial charge in [0.2, 0.25) is 0 Å². The predicted molar refractivity (Wildman–Crippen MR) is 36.0 cm³/mol. The topological polar surface area (TPSA) is 56.3 Å². The summed E-state index contributed by atoms with van der Waals surface area (Å²) in [5.41, 5.74) is 0. The van der Waals surface area contributed by atoms with Gasteiger partial charge in [-0.1, -0.05) is 0 Å². The monoisotopic (exact) mass is 142 g/mol. The van der Waals surface area contributed by atoms with Crippen LogP contribution in [0.4, 0.5) is 0 Å². The third kappa shape index (κ3) is 2.66.